The van der Waals surface area contributed by atoms with Gasteiger partial charge >= 0.3 is 0 Å². The second-order valence-electron chi connectivity index (χ2n) is 14.8. The van der Waals surface area contributed by atoms with Crippen LogP contribution in [0, 0.1) is 0 Å². The zero-order chi connectivity index (χ0) is 35.3. The van der Waals surface area contributed by atoms with Crippen molar-refractivity contribution in [1.29, 1.82) is 0 Å². The fraction of sp³-hybridized carbons (Fsp3) is 0. The van der Waals surface area contributed by atoms with Crippen LogP contribution in [0.15, 0.2) is 194 Å². The molecule has 12 aromatic carbocycles. The van der Waals surface area contributed by atoms with Crippen molar-refractivity contribution >= 4 is 86.2 Å². The molecule has 0 unspecified atom stereocenters. The highest BCUT2D eigenvalue weighted by Crippen LogP contribution is 2.49. The van der Waals surface area contributed by atoms with Gasteiger partial charge in [0.25, 0.3) is 0 Å². The predicted octanol–water partition coefficient (Wildman–Crippen LogP) is 15.4. The van der Waals surface area contributed by atoms with E-state index in [0.29, 0.717) is 0 Å². The summed E-state index contributed by atoms with van der Waals surface area (Å²) >= 11 is 0. The highest BCUT2D eigenvalue weighted by molar-refractivity contribution is 6.31. The molecule has 0 amide bonds. The lowest BCUT2D eigenvalue weighted by atomic mass is 9.81. The standard InChI is InChI=1S/C54H32/c1-2-11-37-30-38(23-20-33(37)10-1)39-26-29-48-50(31-39)53(47-28-25-36-22-21-34-13-9-14-35-24-27-46(47)52(36)51(34)35)44-18-7-8-19-45(44)54(48)49-32-40-12-3-4-15-41(40)42-16-5-6-17-43(42)49/h1-32H. The average molecular weight is 681 g/mol. The van der Waals surface area contributed by atoms with Crippen LogP contribution in [0.3, 0.4) is 0 Å². The summed E-state index contributed by atoms with van der Waals surface area (Å²) in [6, 6.07) is 72.6. The third kappa shape index (κ3) is 4.20. The zero-order valence-electron chi connectivity index (χ0n) is 29.5. The third-order valence-corrected chi connectivity index (χ3v) is 11.9. The van der Waals surface area contributed by atoms with Gasteiger partial charge < -0.3 is 0 Å². The van der Waals surface area contributed by atoms with Crippen molar-refractivity contribution in [3.05, 3.63) is 194 Å². The minimum absolute atomic E-state index is 1.22. The van der Waals surface area contributed by atoms with Crippen molar-refractivity contribution in [1.82, 2.24) is 0 Å². The Balaban J connectivity index is 1.26. The maximum Gasteiger partial charge on any atom is -0.00199 e. The summed E-state index contributed by atoms with van der Waals surface area (Å²) in [5, 5.41) is 20.5. The Morgan fingerprint density at radius 2 is 0.704 bits per heavy atom. The largest absolute Gasteiger partial charge is 0.0616 e. The van der Waals surface area contributed by atoms with E-state index in [1.807, 2.05) is 0 Å². The predicted molar refractivity (Wildman–Crippen MR) is 234 cm³/mol. The van der Waals surface area contributed by atoms with E-state index in [1.54, 1.807) is 0 Å². The van der Waals surface area contributed by atoms with Gasteiger partial charge in [0.05, 0.1) is 0 Å². The summed E-state index contributed by atoms with van der Waals surface area (Å²) in [4.78, 5) is 0. The summed E-state index contributed by atoms with van der Waals surface area (Å²) in [6.07, 6.45) is 0. The number of benzene rings is 12. The second-order valence-corrected chi connectivity index (χ2v) is 14.8. The first kappa shape index (κ1) is 29.5. The van der Waals surface area contributed by atoms with Gasteiger partial charge in [0.15, 0.2) is 0 Å². The van der Waals surface area contributed by atoms with Gasteiger partial charge in [0.2, 0.25) is 0 Å². The first-order chi connectivity index (χ1) is 26.8. The Hall–Kier alpha value is -7.02. The first-order valence-electron chi connectivity index (χ1n) is 18.8. The highest BCUT2D eigenvalue weighted by atomic mass is 14.2. The molecular weight excluding hydrogens is 649 g/mol. The Kier molecular flexibility index (Phi) is 6.15. The van der Waals surface area contributed by atoms with Crippen molar-refractivity contribution in [2.24, 2.45) is 0 Å². The van der Waals surface area contributed by atoms with E-state index in [4.69, 9.17) is 0 Å². The zero-order valence-corrected chi connectivity index (χ0v) is 29.5. The van der Waals surface area contributed by atoms with Crippen molar-refractivity contribution in [3.63, 3.8) is 0 Å². The van der Waals surface area contributed by atoms with E-state index in [0.717, 1.165) is 0 Å². The van der Waals surface area contributed by atoms with Gasteiger partial charge in [-0.25, -0.2) is 0 Å². The molecule has 248 valence electrons. The van der Waals surface area contributed by atoms with Gasteiger partial charge in [0, 0.05) is 0 Å². The number of hydrogen-bond acceptors (Lipinski definition) is 0. The van der Waals surface area contributed by atoms with Crippen molar-refractivity contribution in [3.8, 4) is 33.4 Å². The van der Waals surface area contributed by atoms with Crippen LogP contribution >= 0.6 is 0 Å². The summed E-state index contributed by atoms with van der Waals surface area (Å²) < 4.78 is 0. The lowest BCUT2D eigenvalue weighted by Gasteiger charge is -2.22. The van der Waals surface area contributed by atoms with Crippen LogP contribution in [0.25, 0.3) is 120 Å². The number of fused-ring (bicyclic) bond motifs is 6. The molecule has 0 aromatic heterocycles. The second kappa shape index (κ2) is 11.2. The highest BCUT2D eigenvalue weighted by Gasteiger charge is 2.22. The van der Waals surface area contributed by atoms with Gasteiger partial charge in [-0.2, -0.15) is 0 Å². The maximum atomic E-state index is 2.46. The molecule has 0 aliphatic rings. The lowest BCUT2D eigenvalue weighted by Crippen LogP contribution is -1.94. The molecule has 12 rings (SSSR count). The fourth-order valence-electron chi connectivity index (χ4n) is 9.52. The fourth-order valence-corrected chi connectivity index (χ4v) is 9.52. The van der Waals surface area contributed by atoms with Crippen molar-refractivity contribution in [2.45, 2.75) is 0 Å². The first-order valence-corrected chi connectivity index (χ1v) is 18.8. The van der Waals surface area contributed by atoms with E-state index in [-0.39, 0.29) is 0 Å². The molecule has 0 atom stereocenters. The molecule has 54 heavy (non-hydrogen) atoms. The summed E-state index contributed by atoms with van der Waals surface area (Å²) in [6.45, 7) is 0. The monoisotopic (exact) mass is 680 g/mol. The van der Waals surface area contributed by atoms with Crippen LogP contribution in [0.4, 0.5) is 0 Å². The van der Waals surface area contributed by atoms with Gasteiger partial charge in [-0.15, -0.1) is 0 Å². The molecule has 0 aliphatic carbocycles. The molecule has 0 heteroatoms. The van der Waals surface area contributed by atoms with E-state index in [9.17, 15) is 0 Å². The molecule has 0 bridgehead atoms. The van der Waals surface area contributed by atoms with E-state index in [1.165, 1.54) is 120 Å². The summed E-state index contributed by atoms with van der Waals surface area (Å²) in [7, 11) is 0. The topological polar surface area (TPSA) is 0 Å². The van der Waals surface area contributed by atoms with Gasteiger partial charge in [-0.05, 0) is 138 Å². The van der Waals surface area contributed by atoms with Gasteiger partial charge in [-0.1, -0.05) is 176 Å². The molecule has 0 spiro atoms. The Morgan fingerprint density at radius 3 is 1.50 bits per heavy atom. The number of rotatable bonds is 3. The quantitative estimate of drug-likeness (QED) is 0.129. The number of hydrogen-bond donors (Lipinski definition) is 0. The maximum absolute atomic E-state index is 2.46. The van der Waals surface area contributed by atoms with Gasteiger partial charge in [-0.3, -0.25) is 0 Å². The van der Waals surface area contributed by atoms with Crippen molar-refractivity contribution in [2.75, 3.05) is 0 Å². The molecule has 0 saturated carbocycles. The molecule has 0 radical (unpaired) electrons. The van der Waals surface area contributed by atoms with Crippen LogP contribution in [-0.4, -0.2) is 0 Å². The normalized spacial score (nSPS) is 12.1. The third-order valence-electron chi connectivity index (χ3n) is 11.9. The van der Waals surface area contributed by atoms with Crippen LogP contribution in [0.5, 0.6) is 0 Å². The molecule has 0 N–H and O–H groups in total. The Labute approximate surface area is 312 Å². The van der Waals surface area contributed by atoms with E-state index >= 15 is 0 Å². The molecule has 12 aromatic rings. The van der Waals surface area contributed by atoms with E-state index in [2.05, 4.69) is 194 Å². The lowest BCUT2D eigenvalue weighted by molar-refractivity contribution is 1.67. The Bertz CT molecular complexity index is 3480. The summed E-state index contributed by atoms with van der Waals surface area (Å²) in [5.41, 5.74) is 7.56. The van der Waals surface area contributed by atoms with E-state index < -0.39 is 0 Å². The van der Waals surface area contributed by atoms with Crippen molar-refractivity contribution < 1.29 is 0 Å². The molecule has 0 nitrogen and oxygen atoms in total. The van der Waals surface area contributed by atoms with Crippen LogP contribution in [0.1, 0.15) is 0 Å². The Morgan fingerprint density at radius 1 is 0.204 bits per heavy atom. The van der Waals surface area contributed by atoms with Crippen LogP contribution in [-0.2, 0) is 0 Å². The molecule has 0 heterocycles. The molecule has 0 saturated heterocycles. The molecule has 0 fully saturated rings. The SMILES string of the molecule is c1ccc2cc(-c3ccc4c(-c5cc6ccccc6c6ccccc56)c5ccccc5c(-c5ccc6ccc7cccc8ccc5c6c78)c4c3)ccc2c1. The summed E-state index contributed by atoms with van der Waals surface area (Å²) in [5.74, 6) is 0. The minimum Gasteiger partial charge on any atom is -0.0616 e. The molecule has 0 aliphatic heterocycles. The average Bonchev–Trinajstić information content (AvgIpc) is 3.24. The molecular formula is C54H32. The smallest absolute Gasteiger partial charge is 0.00199 e. The van der Waals surface area contributed by atoms with Gasteiger partial charge in [0.1, 0.15) is 0 Å². The van der Waals surface area contributed by atoms with Crippen LogP contribution in [0.2, 0.25) is 0 Å². The van der Waals surface area contributed by atoms with Crippen LogP contribution < -0.4 is 0 Å². The minimum atomic E-state index is 1.22.